The molecule has 0 saturated carbocycles. The zero-order valence-corrected chi connectivity index (χ0v) is 14.0. The average Bonchev–Trinajstić information content (AvgIpc) is 2.39. The van der Waals surface area contributed by atoms with Gasteiger partial charge in [-0.2, -0.15) is 0 Å². The van der Waals surface area contributed by atoms with E-state index in [0.29, 0.717) is 5.69 Å². The number of hydrogen-bond acceptors (Lipinski definition) is 3. The zero-order chi connectivity index (χ0) is 15.8. The van der Waals surface area contributed by atoms with Crippen molar-refractivity contribution in [3.63, 3.8) is 0 Å². The molecule has 1 N–H and O–H groups in total. The summed E-state index contributed by atoms with van der Waals surface area (Å²) in [7, 11) is 0. The van der Waals surface area contributed by atoms with Crippen molar-refractivity contribution in [3.05, 3.63) is 32.3 Å². The van der Waals surface area contributed by atoms with E-state index in [9.17, 15) is 10.1 Å². The molecule has 0 aliphatic rings. The van der Waals surface area contributed by atoms with Crippen LogP contribution in [0.5, 0.6) is 0 Å². The summed E-state index contributed by atoms with van der Waals surface area (Å²) in [6.45, 7) is 5.24. The zero-order valence-electron chi connectivity index (χ0n) is 12.5. The number of nitro benzene ring substituents is 1. The maximum Gasteiger partial charge on any atom is 0.272 e. The first kappa shape index (κ1) is 18.1. The van der Waals surface area contributed by atoms with E-state index in [2.05, 4.69) is 19.2 Å². The number of rotatable bonds is 9. The van der Waals surface area contributed by atoms with E-state index in [4.69, 9.17) is 23.2 Å². The Morgan fingerprint density at radius 1 is 1.14 bits per heavy atom. The fraction of sp³-hybridized carbons (Fsp3) is 0.600. The molecule has 0 fully saturated rings. The van der Waals surface area contributed by atoms with Crippen molar-refractivity contribution in [1.82, 2.24) is 0 Å². The van der Waals surface area contributed by atoms with Gasteiger partial charge >= 0.3 is 0 Å². The Labute approximate surface area is 136 Å². The van der Waals surface area contributed by atoms with E-state index in [-0.39, 0.29) is 15.7 Å². The number of halogens is 2. The van der Waals surface area contributed by atoms with Gasteiger partial charge in [-0.25, -0.2) is 0 Å². The quantitative estimate of drug-likeness (QED) is 0.347. The highest BCUT2D eigenvalue weighted by molar-refractivity contribution is 6.39. The second-order valence-corrected chi connectivity index (χ2v) is 6.38. The Balaban J connectivity index is 2.37. The third kappa shape index (κ3) is 6.53. The molecule has 0 bridgehead atoms. The number of unbranched alkanes of at least 4 members (excludes halogenated alkanes) is 3. The molecule has 0 aliphatic heterocycles. The minimum Gasteiger partial charge on any atom is -0.383 e. The molecule has 0 radical (unpaired) electrons. The summed E-state index contributed by atoms with van der Waals surface area (Å²) < 4.78 is 0. The number of hydrogen-bond donors (Lipinski definition) is 1. The molecule has 0 aromatic heterocycles. The molecule has 1 aromatic rings. The first-order chi connectivity index (χ1) is 9.91. The summed E-state index contributed by atoms with van der Waals surface area (Å²) in [6.07, 6.45) is 5.94. The topological polar surface area (TPSA) is 55.2 Å². The number of anilines is 1. The molecule has 21 heavy (non-hydrogen) atoms. The van der Waals surface area contributed by atoms with Gasteiger partial charge in [0.2, 0.25) is 0 Å². The van der Waals surface area contributed by atoms with Gasteiger partial charge in [-0.05, 0) is 12.3 Å². The number of nitrogens with zero attached hydrogens (tertiary/aromatic N) is 1. The third-order valence-corrected chi connectivity index (χ3v) is 3.84. The number of nitro groups is 1. The summed E-state index contributed by atoms with van der Waals surface area (Å²) in [5.41, 5.74) is 0.482. The highest BCUT2D eigenvalue weighted by Gasteiger charge is 2.14. The largest absolute Gasteiger partial charge is 0.383 e. The lowest BCUT2D eigenvalue weighted by atomic mass is 10.0. The molecule has 0 heterocycles. The van der Waals surface area contributed by atoms with E-state index in [1.807, 2.05) is 0 Å². The molecule has 0 spiro atoms. The van der Waals surface area contributed by atoms with E-state index < -0.39 is 4.92 Å². The van der Waals surface area contributed by atoms with Crippen LogP contribution in [0.2, 0.25) is 10.0 Å². The standard InChI is InChI=1S/C15H22Cl2N2O2/c1-11(2)7-5-3-4-6-8-18-15-13(16)9-12(19(20)21)10-14(15)17/h9-11,18H,3-8H2,1-2H3. The van der Waals surface area contributed by atoms with Gasteiger partial charge in [-0.1, -0.05) is 62.7 Å². The molecule has 0 atom stereocenters. The number of benzene rings is 1. The van der Waals surface area contributed by atoms with Crippen molar-refractivity contribution >= 4 is 34.6 Å². The van der Waals surface area contributed by atoms with Gasteiger partial charge in [0.05, 0.1) is 20.7 Å². The Morgan fingerprint density at radius 2 is 1.71 bits per heavy atom. The molecule has 0 unspecified atom stereocenters. The van der Waals surface area contributed by atoms with Crippen LogP contribution in [0, 0.1) is 16.0 Å². The Kier molecular flexibility index (Phi) is 7.83. The van der Waals surface area contributed by atoms with Crippen LogP contribution < -0.4 is 5.32 Å². The lowest BCUT2D eigenvalue weighted by molar-refractivity contribution is -0.384. The highest BCUT2D eigenvalue weighted by atomic mass is 35.5. The van der Waals surface area contributed by atoms with Crippen molar-refractivity contribution in [2.24, 2.45) is 5.92 Å². The molecule has 1 rings (SSSR count). The minimum atomic E-state index is -0.504. The number of non-ortho nitro benzene ring substituents is 1. The van der Waals surface area contributed by atoms with Gasteiger partial charge in [0.25, 0.3) is 5.69 Å². The van der Waals surface area contributed by atoms with Crippen LogP contribution in [0.1, 0.15) is 46.0 Å². The monoisotopic (exact) mass is 332 g/mol. The van der Waals surface area contributed by atoms with Gasteiger partial charge in [-0.3, -0.25) is 10.1 Å². The SMILES string of the molecule is CC(C)CCCCCCNc1c(Cl)cc([N+](=O)[O-])cc1Cl. The fourth-order valence-electron chi connectivity index (χ4n) is 2.08. The lowest BCUT2D eigenvalue weighted by Gasteiger charge is -2.10. The van der Waals surface area contributed by atoms with E-state index in [0.717, 1.165) is 25.3 Å². The average molecular weight is 333 g/mol. The second-order valence-electron chi connectivity index (χ2n) is 5.57. The molecule has 0 saturated heterocycles. The summed E-state index contributed by atoms with van der Waals surface area (Å²) in [6, 6.07) is 2.64. The van der Waals surface area contributed by atoms with Gasteiger partial charge in [0, 0.05) is 18.7 Å². The van der Waals surface area contributed by atoms with Crippen molar-refractivity contribution in [2.45, 2.75) is 46.0 Å². The van der Waals surface area contributed by atoms with Crippen LogP contribution in [-0.2, 0) is 0 Å². The van der Waals surface area contributed by atoms with Gasteiger partial charge in [0.1, 0.15) is 0 Å². The highest BCUT2D eigenvalue weighted by Crippen LogP contribution is 2.34. The summed E-state index contributed by atoms with van der Waals surface area (Å²) >= 11 is 12.0. The van der Waals surface area contributed by atoms with Crippen LogP contribution in [0.25, 0.3) is 0 Å². The maximum atomic E-state index is 10.7. The van der Waals surface area contributed by atoms with Crippen LogP contribution >= 0.6 is 23.2 Å². The summed E-state index contributed by atoms with van der Waals surface area (Å²) in [4.78, 5) is 10.2. The summed E-state index contributed by atoms with van der Waals surface area (Å²) in [5, 5.41) is 14.4. The third-order valence-electron chi connectivity index (χ3n) is 3.25. The van der Waals surface area contributed by atoms with Gasteiger partial charge < -0.3 is 5.32 Å². The lowest BCUT2D eigenvalue weighted by Crippen LogP contribution is -2.03. The Morgan fingerprint density at radius 3 is 2.24 bits per heavy atom. The van der Waals surface area contributed by atoms with E-state index in [1.54, 1.807) is 0 Å². The Hall–Kier alpha value is -1.00. The minimum absolute atomic E-state index is 0.0933. The van der Waals surface area contributed by atoms with Gasteiger partial charge in [-0.15, -0.1) is 0 Å². The van der Waals surface area contributed by atoms with Crippen molar-refractivity contribution in [2.75, 3.05) is 11.9 Å². The molecule has 1 aromatic carbocycles. The maximum absolute atomic E-state index is 10.7. The molecular formula is C15H22Cl2N2O2. The van der Waals surface area contributed by atoms with Crippen molar-refractivity contribution in [1.29, 1.82) is 0 Å². The molecule has 6 heteroatoms. The molecule has 118 valence electrons. The number of nitrogens with one attached hydrogen (secondary N) is 1. The van der Waals surface area contributed by atoms with Crippen LogP contribution in [0.4, 0.5) is 11.4 Å². The predicted molar refractivity (Wildman–Crippen MR) is 89.5 cm³/mol. The molecule has 4 nitrogen and oxygen atoms in total. The molecular weight excluding hydrogens is 311 g/mol. The van der Waals surface area contributed by atoms with Gasteiger partial charge in [0.15, 0.2) is 0 Å². The van der Waals surface area contributed by atoms with Crippen LogP contribution in [0.3, 0.4) is 0 Å². The van der Waals surface area contributed by atoms with Crippen LogP contribution in [0.15, 0.2) is 12.1 Å². The first-order valence-corrected chi connectivity index (χ1v) is 8.04. The summed E-state index contributed by atoms with van der Waals surface area (Å²) in [5.74, 6) is 0.765. The molecule has 0 amide bonds. The first-order valence-electron chi connectivity index (χ1n) is 7.29. The predicted octanol–water partition coefficient (Wildman–Crippen LogP) is 5.92. The normalized spacial score (nSPS) is 10.9. The molecule has 0 aliphatic carbocycles. The van der Waals surface area contributed by atoms with Crippen LogP contribution in [-0.4, -0.2) is 11.5 Å². The van der Waals surface area contributed by atoms with E-state index >= 15 is 0 Å². The smallest absolute Gasteiger partial charge is 0.272 e. The second kappa shape index (κ2) is 9.11. The van der Waals surface area contributed by atoms with Crippen molar-refractivity contribution < 1.29 is 4.92 Å². The Bertz CT molecular complexity index is 456. The van der Waals surface area contributed by atoms with Crippen molar-refractivity contribution in [3.8, 4) is 0 Å². The fourth-order valence-corrected chi connectivity index (χ4v) is 2.69. The van der Waals surface area contributed by atoms with E-state index in [1.165, 1.54) is 31.4 Å².